The minimum absolute atomic E-state index is 0.201. The van der Waals surface area contributed by atoms with E-state index in [9.17, 15) is 22.8 Å². The minimum atomic E-state index is -3.72. The van der Waals surface area contributed by atoms with Gasteiger partial charge in [0.1, 0.15) is 6.54 Å². The maximum absolute atomic E-state index is 12.7. The predicted octanol–water partition coefficient (Wildman–Crippen LogP) is 0.956. The summed E-state index contributed by atoms with van der Waals surface area (Å²) in [6.07, 6.45) is 2.02. The van der Waals surface area contributed by atoms with Crippen molar-refractivity contribution >= 4 is 33.5 Å². The van der Waals surface area contributed by atoms with E-state index >= 15 is 0 Å². The van der Waals surface area contributed by atoms with E-state index in [0.29, 0.717) is 43.8 Å². The number of nitrogens with zero attached hydrogens (tertiary/aromatic N) is 3. The number of hydrogen-bond acceptors (Lipinski definition) is 6. The molecule has 9 nitrogen and oxygen atoms in total. The summed E-state index contributed by atoms with van der Waals surface area (Å²) in [6.45, 7) is 2.47. The standard InChI is InChI=1S/C20H29N3O6S/c1-5-29-20(26)16-10-12-22(13-11-16)18(24)14-23(30(4,27)28)17-8-6-15(7-9-17)19(25)21(2)3/h6-9,16H,5,10-14H2,1-4H3. The fourth-order valence-corrected chi connectivity index (χ4v) is 4.13. The number of benzene rings is 1. The number of piperidine rings is 1. The van der Waals surface area contributed by atoms with Gasteiger partial charge in [0.15, 0.2) is 0 Å². The number of rotatable bonds is 7. The molecular formula is C20H29N3O6S. The molecule has 1 aliphatic rings. The smallest absolute Gasteiger partial charge is 0.309 e. The van der Waals surface area contributed by atoms with Gasteiger partial charge in [0.2, 0.25) is 15.9 Å². The average molecular weight is 440 g/mol. The fourth-order valence-electron chi connectivity index (χ4n) is 3.28. The Morgan fingerprint density at radius 2 is 1.67 bits per heavy atom. The Labute approximate surface area is 177 Å². The Morgan fingerprint density at radius 1 is 1.10 bits per heavy atom. The van der Waals surface area contributed by atoms with E-state index < -0.39 is 10.0 Å². The molecule has 2 rings (SSSR count). The van der Waals surface area contributed by atoms with Crippen LogP contribution in [0.5, 0.6) is 0 Å². The summed E-state index contributed by atoms with van der Waals surface area (Å²) in [4.78, 5) is 39.6. The van der Waals surface area contributed by atoms with Crippen LogP contribution in [0.2, 0.25) is 0 Å². The normalized spacial score (nSPS) is 14.9. The highest BCUT2D eigenvalue weighted by Gasteiger charge is 2.30. The molecule has 1 aliphatic heterocycles. The van der Waals surface area contributed by atoms with Crippen LogP contribution >= 0.6 is 0 Å². The van der Waals surface area contributed by atoms with E-state index in [-0.39, 0.29) is 30.2 Å². The zero-order valence-corrected chi connectivity index (χ0v) is 18.6. The topological polar surface area (TPSA) is 104 Å². The molecule has 1 aromatic rings. The van der Waals surface area contributed by atoms with E-state index in [2.05, 4.69) is 0 Å². The average Bonchev–Trinajstić information content (AvgIpc) is 2.71. The highest BCUT2D eigenvalue weighted by atomic mass is 32.2. The van der Waals surface area contributed by atoms with E-state index in [1.165, 1.54) is 29.2 Å². The molecule has 0 unspecified atom stereocenters. The summed E-state index contributed by atoms with van der Waals surface area (Å²) in [6, 6.07) is 6.09. The quantitative estimate of drug-likeness (QED) is 0.586. The Morgan fingerprint density at radius 3 is 2.13 bits per heavy atom. The maximum Gasteiger partial charge on any atom is 0.309 e. The van der Waals surface area contributed by atoms with Crippen molar-refractivity contribution in [2.45, 2.75) is 19.8 Å². The molecule has 0 aromatic heterocycles. The Kier molecular flexibility index (Phi) is 7.83. The number of likely N-dealkylation sites (tertiary alicyclic amines) is 1. The molecule has 30 heavy (non-hydrogen) atoms. The van der Waals surface area contributed by atoms with Gasteiger partial charge in [-0.25, -0.2) is 8.42 Å². The van der Waals surface area contributed by atoms with Crippen LogP contribution in [0.25, 0.3) is 0 Å². The van der Waals surface area contributed by atoms with Gasteiger partial charge in [0.05, 0.1) is 24.5 Å². The van der Waals surface area contributed by atoms with Crippen molar-refractivity contribution in [3.05, 3.63) is 29.8 Å². The van der Waals surface area contributed by atoms with Crippen molar-refractivity contribution in [2.75, 3.05) is 50.9 Å². The Hall–Kier alpha value is -2.62. The van der Waals surface area contributed by atoms with Gasteiger partial charge in [-0.05, 0) is 44.0 Å². The molecule has 1 fully saturated rings. The van der Waals surface area contributed by atoms with Crippen LogP contribution in [0.4, 0.5) is 5.69 Å². The van der Waals surface area contributed by atoms with E-state index in [4.69, 9.17) is 4.74 Å². The molecule has 0 spiro atoms. The van der Waals surface area contributed by atoms with Crippen molar-refractivity contribution in [1.82, 2.24) is 9.80 Å². The van der Waals surface area contributed by atoms with Gasteiger partial charge >= 0.3 is 5.97 Å². The van der Waals surface area contributed by atoms with Gasteiger partial charge < -0.3 is 14.5 Å². The third-order valence-electron chi connectivity index (χ3n) is 4.96. The van der Waals surface area contributed by atoms with Crippen molar-refractivity contribution in [3.63, 3.8) is 0 Å². The molecule has 2 amide bonds. The number of carbonyl (C=O) groups excluding carboxylic acids is 3. The van der Waals surface area contributed by atoms with Crippen LogP contribution in [0.15, 0.2) is 24.3 Å². The van der Waals surface area contributed by atoms with Gasteiger partial charge in [-0.2, -0.15) is 0 Å². The zero-order valence-electron chi connectivity index (χ0n) is 17.8. The van der Waals surface area contributed by atoms with Crippen LogP contribution < -0.4 is 4.31 Å². The van der Waals surface area contributed by atoms with Crippen LogP contribution in [0, 0.1) is 5.92 Å². The number of esters is 1. The summed E-state index contributed by atoms with van der Waals surface area (Å²) in [7, 11) is -0.461. The monoisotopic (exact) mass is 439 g/mol. The molecule has 0 atom stereocenters. The second-order valence-electron chi connectivity index (χ2n) is 7.42. The lowest BCUT2D eigenvalue weighted by atomic mass is 9.97. The highest BCUT2D eigenvalue weighted by molar-refractivity contribution is 7.92. The lowest BCUT2D eigenvalue weighted by Crippen LogP contribution is -2.46. The second-order valence-corrected chi connectivity index (χ2v) is 9.33. The Balaban J connectivity index is 2.08. The molecule has 166 valence electrons. The first kappa shape index (κ1) is 23.7. The summed E-state index contributed by atoms with van der Waals surface area (Å²) < 4.78 is 30.7. The molecule has 10 heteroatoms. The van der Waals surface area contributed by atoms with E-state index in [1.807, 2.05) is 0 Å². The number of amides is 2. The van der Waals surface area contributed by atoms with Crippen LogP contribution in [0.1, 0.15) is 30.1 Å². The molecule has 0 N–H and O–H groups in total. The summed E-state index contributed by atoms with van der Waals surface area (Å²) >= 11 is 0. The van der Waals surface area contributed by atoms with E-state index in [0.717, 1.165) is 10.6 Å². The first-order chi connectivity index (χ1) is 14.0. The number of carbonyl (C=O) groups is 3. The van der Waals surface area contributed by atoms with Crippen molar-refractivity contribution in [3.8, 4) is 0 Å². The van der Waals surface area contributed by atoms with Crippen LogP contribution in [-0.2, 0) is 24.3 Å². The van der Waals surface area contributed by atoms with Gasteiger partial charge in [-0.15, -0.1) is 0 Å². The van der Waals surface area contributed by atoms with Crippen molar-refractivity contribution in [2.24, 2.45) is 5.92 Å². The molecule has 1 aromatic carbocycles. The summed E-state index contributed by atoms with van der Waals surface area (Å²) in [5.74, 6) is -1.03. The summed E-state index contributed by atoms with van der Waals surface area (Å²) in [5.41, 5.74) is 0.729. The molecular weight excluding hydrogens is 410 g/mol. The van der Waals surface area contributed by atoms with Gasteiger partial charge in [0, 0.05) is 32.7 Å². The van der Waals surface area contributed by atoms with Crippen molar-refractivity contribution in [1.29, 1.82) is 0 Å². The predicted molar refractivity (Wildman–Crippen MR) is 113 cm³/mol. The molecule has 0 saturated carbocycles. The van der Waals surface area contributed by atoms with Gasteiger partial charge in [-0.3, -0.25) is 18.7 Å². The fraction of sp³-hybridized carbons (Fsp3) is 0.550. The van der Waals surface area contributed by atoms with E-state index in [1.54, 1.807) is 25.9 Å². The molecule has 1 saturated heterocycles. The maximum atomic E-state index is 12.7. The van der Waals surface area contributed by atoms with Gasteiger partial charge in [-0.1, -0.05) is 0 Å². The first-order valence-corrected chi connectivity index (χ1v) is 11.6. The third-order valence-corrected chi connectivity index (χ3v) is 6.10. The number of anilines is 1. The first-order valence-electron chi connectivity index (χ1n) is 9.78. The number of hydrogen-bond donors (Lipinski definition) is 0. The number of ether oxygens (including phenoxy) is 1. The van der Waals surface area contributed by atoms with Gasteiger partial charge in [0.25, 0.3) is 5.91 Å². The van der Waals surface area contributed by atoms with Crippen LogP contribution in [0.3, 0.4) is 0 Å². The van der Waals surface area contributed by atoms with Crippen molar-refractivity contribution < 1.29 is 27.5 Å². The SMILES string of the molecule is CCOC(=O)C1CCN(C(=O)CN(c2ccc(C(=O)N(C)C)cc2)S(C)(=O)=O)CC1. The molecule has 0 aliphatic carbocycles. The number of sulfonamides is 1. The minimum Gasteiger partial charge on any atom is -0.466 e. The third kappa shape index (κ3) is 5.94. The lowest BCUT2D eigenvalue weighted by molar-refractivity contribution is -0.151. The zero-order chi connectivity index (χ0) is 22.5. The summed E-state index contributed by atoms with van der Waals surface area (Å²) in [5, 5.41) is 0. The lowest BCUT2D eigenvalue weighted by Gasteiger charge is -2.32. The Bertz CT molecular complexity index is 874. The molecule has 1 heterocycles. The van der Waals surface area contributed by atoms with Crippen LogP contribution in [-0.4, -0.2) is 82.6 Å². The second kappa shape index (κ2) is 9.92. The highest BCUT2D eigenvalue weighted by Crippen LogP contribution is 2.22. The molecule has 0 radical (unpaired) electrons. The largest absolute Gasteiger partial charge is 0.466 e. The molecule has 0 bridgehead atoms.